The van der Waals surface area contributed by atoms with E-state index in [4.69, 9.17) is 4.74 Å². The van der Waals surface area contributed by atoms with Crippen LogP contribution in [0.15, 0.2) is 48.5 Å². The number of aliphatic hydroxyl groups is 1. The molecule has 1 amide bonds. The number of hydrogen-bond donors (Lipinski definition) is 2. The van der Waals surface area contributed by atoms with E-state index in [1.54, 1.807) is 31.4 Å². The predicted octanol–water partition coefficient (Wildman–Crippen LogP) is 2.72. The number of hydrogen-bond acceptors (Lipinski definition) is 3. The van der Waals surface area contributed by atoms with Crippen LogP contribution in [0.4, 0.5) is 0 Å². The summed E-state index contributed by atoms with van der Waals surface area (Å²) in [6.45, 7) is 2.22. The molecule has 2 rings (SSSR count). The SMILES string of the molecule is CCc1ccc(C(=O)NCC(O)c2cccc(OC)c2)cc1. The standard InChI is InChI=1S/C18H21NO3/c1-3-13-7-9-14(10-8-13)18(21)19-12-17(20)15-5-4-6-16(11-15)22-2/h4-11,17,20H,3,12H2,1-2H3,(H,19,21). The van der Waals surface area contributed by atoms with E-state index in [9.17, 15) is 9.90 Å². The van der Waals surface area contributed by atoms with Crippen LogP contribution in [-0.4, -0.2) is 24.7 Å². The van der Waals surface area contributed by atoms with Gasteiger partial charge in [0.25, 0.3) is 5.91 Å². The lowest BCUT2D eigenvalue weighted by atomic mass is 10.1. The fraction of sp³-hybridized carbons (Fsp3) is 0.278. The van der Waals surface area contributed by atoms with Crippen molar-refractivity contribution in [1.29, 1.82) is 0 Å². The van der Waals surface area contributed by atoms with Crippen LogP contribution in [0.3, 0.4) is 0 Å². The first-order valence-corrected chi connectivity index (χ1v) is 7.33. The number of carbonyl (C=O) groups is 1. The van der Waals surface area contributed by atoms with Crippen molar-refractivity contribution in [2.24, 2.45) is 0 Å². The summed E-state index contributed by atoms with van der Waals surface area (Å²) in [4.78, 5) is 12.1. The Kier molecular flexibility index (Phi) is 5.55. The van der Waals surface area contributed by atoms with Crippen molar-refractivity contribution in [3.05, 3.63) is 65.2 Å². The van der Waals surface area contributed by atoms with Gasteiger partial charge in [-0.05, 0) is 41.8 Å². The van der Waals surface area contributed by atoms with Crippen LogP contribution in [0, 0.1) is 0 Å². The highest BCUT2D eigenvalue weighted by atomic mass is 16.5. The number of carbonyl (C=O) groups excluding carboxylic acids is 1. The summed E-state index contributed by atoms with van der Waals surface area (Å²) in [5.74, 6) is 0.489. The minimum Gasteiger partial charge on any atom is -0.497 e. The Morgan fingerprint density at radius 1 is 1.23 bits per heavy atom. The van der Waals surface area contributed by atoms with Crippen molar-refractivity contribution in [2.45, 2.75) is 19.4 Å². The zero-order valence-electron chi connectivity index (χ0n) is 12.9. The fourth-order valence-corrected chi connectivity index (χ4v) is 2.15. The van der Waals surface area contributed by atoms with Gasteiger partial charge in [0, 0.05) is 12.1 Å². The van der Waals surface area contributed by atoms with Crippen molar-refractivity contribution in [1.82, 2.24) is 5.32 Å². The second kappa shape index (κ2) is 7.61. The largest absolute Gasteiger partial charge is 0.497 e. The van der Waals surface area contributed by atoms with Crippen LogP contribution in [0.5, 0.6) is 5.75 Å². The highest BCUT2D eigenvalue weighted by Crippen LogP contribution is 2.18. The van der Waals surface area contributed by atoms with Crippen LogP contribution in [0.1, 0.15) is 34.5 Å². The van der Waals surface area contributed by atoms with Crippen LogP contribution in [0.2, 0.25) is 0 Å². The lowest BCUT2D eigenvalue weighted by Crippen LogP contribution is -2.28. The van der Waals surface area contributed by atoms with Gasteiger partial charge in [0.2, 0.25) is 0 Å². The highest BCUT2D eigenvalue weighted by Gasteiger charge is 2.11. The van der Waals surface area contributed by atoms with Gasteiger partial charge in [-0.1, -0.05) is 31.2 Å². The van der Waals surface area contributed by atoms with Gasteiger partial charge in [0.15, 0.2) is 0 Å². The molecule has 1 unspecified atom stereocenters. The maximum Gasteiger partial charge on any atom is 0.251 e. The van der Waals surface area contributed by atoms with E-state index < -0.39 is 6.10 Å². The van der Waals surface area contributed by atoms with Crippen molar-refractivity contribution in [3.63, 3.8) is 0 Å². The average Bonchev–Trinajstić information content (AvgIpc) is 2.59. The summed E-state index contributed by atoms with van der Waals surface area (Å²) in [5.41, 5.74) is 2.49. The molecule has 0 saturated heterocycles. The van der Waals surface area contributed by atoms with Gasteiger partial charge < -0.3 is 15.2 Å². The Balaban J connectivity index is 1.94. The first kappa shape index (κ1) is 16.0. The molecule has 0 aromatic heterocycles. The minimum atomic E-state index is -0.769. The molecule has 0 spiro atoms. The number of amides is 1. The van der Waals surface area contributed by atoms with Gasteiger partial charge in [-0.2, -0.15) is 0 Å². The van der Waals surface area contributed by atoms with Crippen LogP contribution < -0.4 is 10.1 Å². The van der Waals surface area contributed by atoms with Crippen molar-refractivity contribution < 1.29 is 14.6 Å². The topological polar surface area (TPSA) is 58.6 Å². The second-order valence-electron chi connectivity index (χ2n) is 5.05. The number of aryl methyl sites for hydroxylation is 1. The highest BCUT2D eigenvalue weighted by molar-refractivity contribution is 5.94. The summed E-state index contributed by atoms with van der Waals surface area (Å²) < 4.78 is 5.12. The molecule has 0 aliphatic carbocycles. The van der Waals surface area contributed by atoms with Crippen molar-refractivity contribution in [2.75, 3.05) is 13.7 Å². The van der Waals surface area contributed by atoms with Crippen LogP contribution in [0.25, 0.3) is 0 Å². The molecule has 0 radical (unpaired) electrons. The Hall–Kier alpha value is -2.33. The zero-order chi connectivity index (χ0) is 15.9. The number of benzene rings is 2. The molecular weight excluding hydrogens is 278 g/mol. The first-order valence-electron chi connectivity index (χ1n) is 7.33. The summed E-state index contributed by atoms with van der Waals surface area (Å²) in [6, 6.07) is 14.6. The molecule has 0 bridgehead atoms. The molecule has 22 heavy (non-hydrogen) atoms. The monoisotopic (exact) mass is 299 g/mol. The molecule has 0 aliphatic heterocycles. The number of aliphatic hydroxyl groups excluding tert-OH is 1. The van der Waals surface area contributed by atoms with E-state index >= 15 is 0 Å². The van der Waals surface area contributed by atoms with Gasteiger partial charge in [-0.15, -0.1) is 0 Å². The van der Waals surface area contributed by atoms with Gasteiger partial charge in [0.1, 0.15) is 5.75 Å². The number of rotatable bonds is 6. The van der Waals surface area contributed by atoms with Crippen molar-refractivity contribution >= 4 is 5.91 Å². The average molecular weight is 299 g/mol. The van der Waals surface area contributed by atoms with E-state index in [0.717, 1.165) is 6.42 Å². The number of nitrogens with one attached hydrogen (secondary N) is 1. The molecule has 2 aromatic rings. The lowest BCUT2D eigenvalue weighted by molar-refractivity contribution is 0.0916. The first-order chi connectivity index (χ1) is 10.6. The van der Waals surface area contributed by atoms with Crippen LogP contribution >= 0.6 is 0 Å². The molecule has 0 aliphatic rings. The minimum absolute atomic E-state index is 0.154. The third kappa shape index (κ3) is 4.09. The molecule has 0 saturated carbocycles. The summed E-state index contributed by atoms with van der Waals surface area (Å²) >= 11 is 0. The molecule has 1 atom stereocenters. The lowest BCUT2D eigenvalue weighted by Gasteiger charge is -2.13. The zero-order valence-corrected chi connectivity index (χ0v) is 12.9. The summed E-state index contributed by atoms with van der Waals surface area (Å²) in [5, 5.41) is 12.9. The van der Waals surface area contributed by atoms with Gasteiger partial charge in [0.05, 0.1) is 13.2 Å². The predicted molar refractivity (Wildman–Crippen MR) is 86.1 cm³/mol. The van der Waals surface area contributed by atoms with E-state index in [-0.39, 0.29) is 12.5 Å². The molecule has 2 N–H and O–H groups in total. The fourth-order valence-electron chi connectivity index (χ4n) is 2.15. The molecule has 0 fully saturated rings. The van der Waals surface area contributed by atoms with E-state index in [1.807, 2.05) is 24.3 Å². The Morgan fingerprint density at radius 2 is 1.95 bits per heavy atom. The van der Waals surface area contributed by atoms with E-state index in [2.05, 4.69) is 12.2 Å². The van der Waals surface area contributed by atoms with E-state index in [1.165, 1.54) is 5.56 Å². The molecule has 0 heterocycles. The Labute approximate surface area is 130 Å². The van der Waals surface area contributed by atoms with Crippen LogP contribution in [-0.2, 0) is 6.42 Å². The molecule has 2 aromatic carbocycles. The maximum absolute atomic E-state index is 12.1. The second-order valence-corrected chi connectivity index (χ2v) is 5.05. The normalized spacial score (nSPS) is 11.8. The van der Waals surface area contributed by atoms with Gasteiger partial charge in [-0.3, -0.25) is 4.79 Å². The van der Waals surface area contributed by atoms with E-state index in [0.29, 0.717) is 16.9 Å². The molecule has 4 nitrogen and oxygen atoms in total. The number of ether oxygens (including phenoxy) is 1. The maximum atomic E-state index is 12.1. The number of methoxy groups -OCH3 is 1. The summed E-state index contributed by atoms with van der Waals surface area (Å²) in [7, 11) is 1.58. The van der Waals surface area contributed by atoms with Crippen molar-refractivity contribution in [3.8, 4) is 5.75 Å². The van der Waals surface area contributed by atoms with Gasteiger partial charge >= 0.3 is 0 Å². The quantitative estimate of drug-likeness (QED) is 0.862. The molecule has 116 valence electrons. The third-order valence-electron chi connectivity index (χ3n) is 3.56. The molecule has 4 heteroatoms. The Bertz CT molecular complexity index is 622. The smallest absolute Gasteiger partial charge is 0.251 e. The molecular formula is C18H21NO3. The van der Waals surface area contributed by atoms with Gasteiger partial charge in [-0.25, -0.2) is 0 Å². The third-order valence-corrected chi connectivity index (χ3v) is 3.56. The summed E-state index contributed by atoms with van der Waals surface area (Å²) in [6.07, 6.45) is 0.171. The Morgan fingerprint density at radius 3 is 2.59 bits per heavy atom.